The molecule has 0 aromatic carbocycles. The summed E-state index contributed by atoms with van der Waals surface area (Å²) in [6.45, 7) is 7.53. The monoisotopic (exact) mass is 326 g/mol. The van der Waals surface area contributed by atoms with Gasteiger partial charge >= 0.3 is 0 Å². The summed E-state index contributed by atoms with van der Waals surface area (Å²) in [7, 11) is 1.74. The summed E-state index contributed by atoms with van der Waals surface area (Å²) < 4.78 is 16.7. The molecule has 0 aliphatic carbocycles. The fourth-order valence-corrected chi connectivity index (χ4v) is 4.11. The highest BCUT2D eigenvalue weighted by Crippen LogP contribution is 2.33. The Bertz CT molecular complexity index is 400. The zero-order valence-electron chi connectivity index (χ0n) is 14.3. The van der Waals surface area contributed by atoms with Crippen LogP contribution in [0, 0.1) is 5.41 Å². The van der Waals surface area contributed by atoms with Crippen LogP contribution in [-0.4, -0.2) is 88.1 Å². The Balaban J connectivity index is 1.63. The van der Waals surface area contributed by atoms with E-state index in [2.05, 4.69) is 4.90 Å². The van der Waals surface area contributed by atoms with Gasteiger partial charge in [-0.1, -0.05) is 0 Å². The number of carbonyl (C=O) groups is 1. The van der Waals surface area contributed by atoms with E-state index in [1.807, 2.05) is 4.90 Å². The molecule has 3 heterocycles. The first-order valence-electron chi connectivity index (χ1n) is 8.92. The first-order chi connectivity index (χ1) is 11.2. The molecule has 0 N–H and O–H groups in total. The van der Waals surface area contributed by atoms with E-state index in [-0.39, 0.29) is 17.4 Å². The van der Waals surface area contributed by atoms with Crippen molar-refractivity contribution in [1.29, 1.82) is 0 Å². The van der Waals surface area contributed by atoms with Crippen LogP contribution >= 0.6 is 0 Å². The Labute approximate surface area is 139 Å². The number of rotatable bonds is 4. The van der Waals surface area contributed by atoms with Crippen LogP contribution in [0.3, 0.4) is 0 Å². The normalized spacial score (nSPS) is 33.1. The quantitative estimate of drug-likeness (QED) is 0.763. The van der Waals surface area contributed by atoms with Gasteiger partial charge in [-0.15, -0.1) is 0 Å². The molecule has 132 valence electrons. The van der Waals surface area contributed by atoms with Gasteiger partial charge in [0.25, 0.3) is 5.91 Å². The van der Waals surface area contributed by atoms with E-state index in [0.717, 1.165) is 84.8 Å². The van der Waals surface area contributed by atoms with Crippen molar-refractivity contribution in [3.63, 3.8) is 0 Å². The summed E-state index contributed by atoms with van der Waals surface area (Å²) >= 11 is 0. The van der Waals surface area contributed by atoms with Crippen LogP contribution < -0.4 is 0 Å². The number of piperidine rings is 1. The summed E-state index contributed by atoms with van der Waals surface area (Å²) in [6, 6.07) is 0. The predicted octanol–water partition coefficient (Wildman–Crippen LogP) is 0.753. The molecule has 3 aliphatic heterocycles. The molecule has 6 nitrogen and oxygen atoms in total. The molecule has 0 saturated carbocycles. The number of ether oxygens (including phenoxy) is 3. The fourth-order valence-electron chi connectivity index (χ4n) is 4.11. The fraction of sp³-hybridized carbons (Fsp3) is 0.941. The van der Waals surface area contributed by atoms with E-state index in [0.29, 0.717) is 0 Å². The first-order valence-corrected chi connectivity index (χ1v) is 8.92. The van der Waals surface area contributed by atoms with Gasteiger partial charge in [-0.05, 0) is 25.7 Å². The molecule has 3 rings (SSSR count). The van der Waals surface area contributed by atoms with Gasteiger partial charge in [0.15, 0.2) is 0 Å². The van der Waals surface area contributed by atoms with Crippen LogP contribution in [0.25, 0.3) is 0 Å². The van der Waals surface area contributed by atoms with E-state index in [9.17, 15) is 4.79 Å². The lowest BCUT2D eigenvalue weighted by Gasteiger charge is -2.44. The second-order valence-electron chi connectivity index (χ2n) is 7.19. The van der Waals surface area contributed by atoms with E-state index in [1.54, 1.807) is 7.11 Å². The number of hydrogen-bond donors (Lipinski definition) is 0. The van der Waals surface area contributed by atoms with Crippen LogP contribution in [0.15, 0.2) is 0 Å². The minimum absolute atomic E-state index is 0.0662. The van der Waals surface area contributed by atoms with Gasteiger partial charge in [0.2, 0.25) is 0 Å². The van der Waals surface area contributed by atoms with Gasteiger partial charge in [0, 0.05) is 51.9 Å². The molecule has 23 heavy (non-hydrogen) atoms. The van der Waals surface area contributed by atoms with Crippen LogP contribution in [0.4, 0.5) is 0 Å². The van der Waals surface area contributed by atoms with E-state index < -0.39 is 0 Å². The molecule has 3 aliphatic rings. The van der Waals surface area contributed by atoms with Gasteiger partial charge < -0.3 is 19.1 Å². The molecule has 0 bridgehead atoms. The molecule has 0 radical (unpaired) electrons. The minimum atomic E-state index is -0.207. The standard InChI is InChI=1S/C17H30N2O4/c1-21-10-7-18-8-11-22-14-17(12-18)5-3-6-19(13-17)16(20)15-4-2-9-23-15/h15H,2-14H2,1H3/t15-,17+/m0/s1. The first kappa shape index (κ1) is 17.1. The number of carbonyl (C=O) groups excluding carboxylic acids is 1. The predicted molar refractivity (Wildman–Crippen MR) is 86.4 cm³/mol. The van der Waals surface area contributed by atoms with Crippen molar-refractivity contribution >= 4 is 5.91 Å². The van der Waals surface area contributed by atoms with Crippen molar-refractivity contribution in [2.24, 2.45) is 5.41 Å². The Kier molecular flexibility index (Phi) is 5.91. The van der Waals surface area contributed by atoms with Crippen molar-refractivity contribution in [3.05, 3.63) is 0 Å². The van der Waals surface area contributed by atoms with Crippen LogP contribution in [0.1, 0.15) is 25.7 Å². The summed E-state index contributed by atoms with van der Waals surface area (Å²) in [5.41, 5.74) is 0.0662. The molecule has 0 aromatic rings. The second kappa shape index (κ2) is 7.92. The van der Waals surface area contributed by atoms with Crippen LogP contribution in [0.2, 0.25) is 0 Å². The minimum Gasteiger partial charge on any atom is -0.383 e. The molecular formula is C17H30N2O4. The summed E-state index contributed by atoms with van der Waals surface area (Å²) in [6.07, 6.45) is 3.86. The Morgan fingerprint density at radius 2 is 2.17 bits per heavy atom. The molecule has 1 spiro atoms. The average molecular weight is 326 g/mol. The number of amides is 1. The Morgan fingerprint density at radius 1 is 1.26 bits per heavy atom. The molecule has 2 atom stereocenters. The van der Waals surface area contributed by atoms with Gasteiger partial charge in [0.1, 0.15) is 6.10 Å². The Hall–Kier alpha value is -0.690. The maximum absolute atomic E-state index is 12.7. The number of nitrogens with zero attached hydrogens (tertiary/aromatic N) is 2. The molecule has 3 fully saturated rings. The second-order valence-corrected chi connectivity index (χ2v) is 7.19. The van der Waals surface area contributed by atoms with Crippen LogP contribution in [-0.2, 0) is 19.0 Å². The molecule has 0 unspecified atom stereocenters. The molecule has 1 amide bonds. The van der Waals surface area contributed by atoms with Crippen molar-refractivity contribution in [2.45, 2.75) is 31.8 Å². The molecule has 0 aromatic heterocycles. The maximum Gasteiger partial charge on any atom is 0.251 e. The lowest BCUT2D eigenvalue weighted by Crippen LogP contribution is -2.54. The van der Waals surface area contributed by atoms with Gasteiger partial charge in [-0.25, -0.2) is 0 Å². The van der Waals surface area contributed by atoms with Gasteiger partial charge in [-0.2, -0.15) is 0 Å². The highest BCUT2D eigenvalue weighted by atomic mass is 16.5. The highest BCUT2D eigenvalue weighted by molar-refractivity contribution is 5.81. The summed E-state index contributed by atoms with van der Waals surface area (Å²) in [4.78, 5) is 17.1. The average Bonchev–Trinajstić information content (AvgIpc) is 3.03. The highest BCUT2D eigenvalue weighted by Gasteiger charge is 2.41. The van der Waals surface area contributed by atoms with E-state index in [4.69, 9.17) is 14.2 Å². The zero-order chi connectivity index (χ0) is 16.1. The summed E-state index contributed by atoms with van der Waals surface area (Å²) in [5.74, 6) is 0.189. The number of methoxy groups -OCH3 is 1. The van der Waals surface area contributed by atoms with E-state index in [1.165, 1.54) is 0 Å². The largest absolute Gasteiger partial charge is 0.383 e. The number of hydrogen-bond acceptors (Lipinski definition) is 5. The molecule has 3 saturated heterocycles. The third-order valence-electron chi connectivity index (χ3n) is 5.31. The molecule has 6 heteroatoms. The van der Waals surface area contributed by atoms with Gasteiger partial charge in [-0.3, -0.25) is 9.69 Å². The maximum atomic E-state index is 12.7. The van der Waals surface area contributed by atoms with Crippen molar-refractivity contribution in [3.8, 4) is 0 Å². The molecular weight excluding hydrogens is 296 g/mol. The van der Waals surface area contributed by atoms with Crippen molar-refractivity contribution in [2.75, 3.05) is 66.3 Å². The third kappa shape index (κ3) is 4.24. The van der Waals surface area contributed by atoms with Crippen molar-refractivity contribution in [1.82, 2.24) is 9.80 Å². The topological polar surface area (TPSA) is 51.2 Å². The van der Waals surface area contributed by atoms with Crippen molar-refractivity contribution < 1.29 is 19.0 Å². The summed E-state index contributed by atoms with van der Waals surface area (Å²) in [5, 5.41) is 0. The van der Waals surface area contributed by atoms with Gasteiger partial charge in [0.05, 0.1) is 19.8 Å². The van der Waals surface area contributed by atoms with E-state index >= 15 is 0 Å². The number of likely N-dealkylation sites (tertiary alicyclic amines) is 1. The Morgan fingerprint density at radius 3 is 2.96 bits per heavy atom. The zero-order valence-corrected chi connectivity index (χ0v) is 14.3. The smallest absolute Gasteiger partial charge is 0.251 e. The third-order valence-corrected chi connectivity index (χ3v) is 5.31. The lowest BCUT2D eigenvalue weighted by atomic mass is 9.80. The lowest BCUT2D eigenvalue weighted by molar-refractivity contribution is -0.145. The SMILES string of the molecule is COCCN1CCOC[C@]2(CCCN(C(=O)[C@@H]3CCCO3)C2)C1. The van der Waals surface area contributed by atoms with Crippen LogP contribution in [0.5, 0.6) is 0 Å².